The third-order valence-electron chi connectivity index (χ3n) is 0. The first-order valence-corrected chi connectivity index (χ1v) is 0. The summed E-state index contributed by atoms with van der Waals surface area (Å²) in [5.41, 5.74) is 0. The first-order chi connectivity index (χ1) is 0. The van der Waals surface area contributed by atoms with Crippen molar-refractivity contribution in [3.05, 3.63) is 0 Å². The molecule has 0 aliphatic carbocycles. The molecule has 0 radical (unpaired) electrons. The van der Waals surface area contributed by atoms with E-state index in [-0.39, 0.29) is 87.2 Å². The second-order valence-electron chi connectivity index (χ2n) is 0. The van der Waals surface area contributed by atoms with Gasteiger partial charge in [-0.15, -0.1) is 0 Å². The van der Waals surface area contributed by atoms with Gasteiger partial charge in [0.05, 0.1) is 0 Å². The first kappa shape index (κ1) is 508. The molecule has 0 aliphatic heterocycles. The van der Waals surface area contributed by atoms with Crippen LogP contribution in [0.4, 0.5) is 0 Å². The van der Waals surface area contributed by atoms with Crippen molar-refractivity contribution >= 4 is 0 Å². The fourth-order valence-corrected chi connectivity index (χ4v) is 0. The van der Waals surface area contributed by atoms with Crippen LogP contribution in [-0.4, -0.2) is 11.0 Å². The summed E-state index contributed by atoms with van der Waals surface area (Å²) in [7, 11) is 0. The second-order valence-corrected chi connectivity index (χ2v) is 0. The largest absolute Gasteiger partial charge is 5.00 e. The van der Waals surface area contributed by atoms with E-state index in [4.69, 9.17) is 0 Å². The van der Waals surface area contributed by atoms with Crippen LogP contribution >= 0.6 is 0 Å². The van der Waals surface area contributed by atoms with Crippen molar-refractivity contribution in [3.63, 3.8) is 0 Å². The third kappa shape index (κ3) is 283. The van der Waals surface area contributed by atoms with E-state index in [1.165, 1.54) is 0 Å². The second kappa shape index (κ2) is 366. The number of rotatable bonds is 0. The van der Waals surface area contributed by atoms with Gasteiger partial charge in [-0.2, -0.15) is 0 Å². The molecule has 9 heteroatoms. The zero-order valence-electron chi connectivity index (χ0n) is 4.23. The molecule has 0 rings (SSSR count). The Morgan fingerprint density at radius 1 is 0.667 bits per heavy atom. The maximum Gasteiger partial charge on any atom is 5.00 e. The molecule has 56 valence electrons. The van der Waals surface area contributed by atoms with Crippen molar-refractivity contribution in [3.8, 4) is 0 Å². The van der Waals surface area contributed by atoms with Crippen molar-refractivity contribution in [2.75, 3.05) is 0 Å². The molecule has 0 aromatic rings. The van der Waals surface area contributed by atoms with Crippen molar-refractivity contribution in [2.24, 2.45) is 0 Å². The zero-order valence-corrected chi connectivity index (χ0v) is 11.0. The van der Waals surface area contributed by atoms with E-state index in [9.17, 15) is 0 Å². The number of hydrogen-bond acceptors (Lipinski definition) is 2. The van der Waals surface area contributed by atoms with Crippen molar-refractivity contribution in [1.29, 1.82) is 0 Å². The quantitative estimate of drug-likeness (QED) is 0.422. The van der Waals surface area contributed by atoms with E-state index in [0.29, 0.717) is 0 Å². The molecule has 0 atom stereocenters. The Hall–Kier alpha value is 1.33. The fourth-order valence-electron chi connectivity index (χ4n) is 0. The van der Waals surface area contributed by atoms with Gasteiger partial charge in [-0.05, 0) is 0 Å². The summed E-state index contributed by atoms with van der Waals surface area (Å²) in [5.74, 6) is 0. The number of hydrogen-bond donors (Lipinski definition) is 1. The van der Waals surface area contributed by atoms with Gasteiger partial charge in [-0.3, -0.25) is 0 Å². The molecule has 0 aliphatic rings. The molecular formula is H6HfNO6Ta. The summed E-state index contributed by atoms with van der Waals surface area (Å²) in [6.07, 6.45) is 0. The van der Waals surface area contributed by atoms with Crippen LogP contribution in [-0.2, 0) is 70.1 Å². The van der Waals surface area contributed by atoms with Crippen LogP contribution in [0.1, 0.15) is 0 Å². The molecule has 0 unspecified atom stereocenters. The van der Waals surface area contributed by atoms with E-state index >= 15 is 0 Å². The topological polar surface area (TPSA) is 210 Å². The van der Waals surface area contributed by atoms with E-state index in [2.05, 4.69) is 0 Å². The van der Waals surface area contributed by atoms with Gasteiger partial charge < -0.3 is 39.0 Å². The summed E-state index contributed by atoms with van der Waals surface area (Å²) in [6.45, 7) is 0. The maximum atomic E-state index is 0. The SMILES string of the molecule is N.O.[Hf+4].[O-2].[O-2].[O-2].[O-2].[OH-].[Ta+5]. The molecule has 0 spiro atoms. The van der Waals surface area contributed by atoms with Crippen molar-refractivity contribution in [2.45, 2.75) is 0 Å². The molecule has 7 nitrogen and oxygen atoms in total. The molecule has 0 fully saturated rings. The van der Waals surface area contributed by atoms with Gasteiger partial charge in [0.25, 0.3) is 0 Å². The molecule has 0 saturated carbocycles. The Labute approximate surface area is 86.9 Å². The predicted molar refractivity (Wildman–Crippen MR) is 13.3 cm³/mol. The van der Waals surface area contributed by atoms with Crippen LogP contribution in [0, 0.1) is 0 Å². The van der Waals surface area contributed by atoms with E-state index < -0.39 is 0 Å². The minimum Gasteiger partial charge on any atom is -2.00 e. The first-order valence-electron chi connectivity index (χ1n) is 0. The van der Waals surface area contributed by atoms with Crippen molar-refractivity contribution < 1.29 is 81.1 Å². The standard InChI is InChI=1S/Hf.H3N.2H2O.4O.Ta/h;1H3;2*1H2;;;;;/q+4;;;;4*-2;+5/p-1. The normalized spacial score (nSPS) is 0. The minimum atomic E-state index is 0. The molecule has 6 N–H and O–H groups in total. The Morgan fingerprint density at radius 2 is 0.667 bits per heavy atom. The van der Waals surface area contributed by atoms with Crippen LogP contribution in [0.15, 0.2) is 0 Å². The summed E-state index contributed by atoms with van der Waals surface area (Å²) >= 11 is 0. The van der Waals surface area contributed by atoms with Crippen molar-refractivity contribution in [1.82, 2.24) is 6.15 Å². The van der Waals surface area contributed by atoms with Gasteiger partial charge >= 0.3 is 48.2 Å². The summed E-state index contributed by atoms with van der Waals surface area (Å²) < 4.78 is 0. The van der Waals surface area contributed by atoms with Gasteiger partial charge in [0, 0.05) is 0 Å². The molecule has 0 aromatic carbocycles. The maximum absolute atomic E-state index is 0. The van der Waals surface area contributed by atoms with Gasteiger partial charge in [0.1, 0.15) is 0 Å². The summed E-state index contributed by atoms with van der Waals surface area (Å²) in [6, 6.07) is 0. The van der Waals surface area contributed by atoms with Gasteiger partial charge in [0.15, 0.2) is 0 Å². The Balaban J connectivity index is 0. The molecule has 0 heterocycles. The summed E-state index contributed by atoms with van der Waals surface area (Å²) in [5, 5.41) is 0. The van der Waals surface area contributed by atoms with Crippen LogP contribution in [0.3, 0.4) is 0 Å². The average molecular weight is 475 g/mol. The van der Waals surface area contributed by atoms with Crippen LogP contribution in [0.25, 0.3) is 0 Å². The van der Waals surface area contributed by atoms with E-state index in [0.717, 1.165) is 0 Å². The van der Waals surface area contributed by atoms with Crippen LogP contribution < -0.4 is 6.15 Å². The zero-order chi connectivity index (χ0) is 0. The smallest absolute Gasteiger partial charge is 2.00 e. The van der Waals surface area contributed by atoms with E-state index in [1.807, 2.05) is 0 Å². The minimum absolute atomic E-state index is 0. The van der Waals surface area contributed by atoms with Gasteiger partial charge in [-0.1, -0.05) is 0 Å². The average Bonchev–Trinajstić information content (AvgIpc) is 0. The third-order valence-corrected chi connectivity index (χ3v) is 0. The van der Waals surface area contributed by atoms with Gasteiger partial charge in [-0.25, -0.2) is 0 Å². The molecule has 0 bridgehead atoms. The Morgan fingerprint density at radius 3 is 0.667 bits per heavy atom. The van der Waals surface area contributed by atoms with E-state index in [1.54, 1.807) is 0 Å². The molecule has 0 saturated heterocycles. The van der Waals surface area contributed by atoms with Gasteiger partial charge in [0.2, 0.25) is 0 Å². The summed E-state index contributed by atoms with van der Waals surface area (Å²) in [4.78, 5) is 0. The Bertz CT molecular complexity index is 13.0. The molecular weight excluding hydrogens is 469 g/mol. The monoisotopic (exact) mass is 477 g/mol. The predicted octanol–water partition coefficient (Wildman–Crippen LogP) is -1.32. The van der Waals surface area contributed by atoms with Crippen LogP contribution in [0.2, 0.25) is 0 Å². The molecule has 9 heavy (non-hydrogen) atoms. The van der Waals surface area contributed by atoms with Crippen LogP contribution in [0.5, 0.6) is 0 Å². The fraction of sp³-hybridized carbons (Fsp3) is 0. The molecule has 0 aromatic heterocycles. The Kier molecular flexibility index (Phi) is 20700. The molecule has 0 amide bonds.